The number of hydrogen-bond donors (Lipinski definition) is 0. The molecule has 0 aliphatic carbocycles. The molecule has 1 aromatic heterocycles. The van der Waals surface area contributed by atoms with Gasteiger partial charge in [0.1, 0.15) is 4.92 Å². The van der Waals surface area contributed by atoms with Crippen LogP contribution in [0.3, 0.4) is 0 Å². The maximum absolute atomic E-state index is 12.0. The van der Waals surface area contributed by atoms with Gasteiger partial charge >= 0.3 is 11.9 Å². The number of rotatable bonds is 6. The normalized spacial score (nSPS) is 10.4. The fourth-order valence-electron chi connectivity index (χ4n) is 1.84. The van der Waals surface area contributed by atoms with E-state index in [1.54, 1.807) is 18.2 Å². The van der Waals surface area contributed by atoms with E-state index in [2.05, 4.69) is 0 Å². The summed E-state index contributed by atoms with van der Waals surface area (Å²) >= 11 is 11.7. The lowest BCUT2D eigenvalue weighted by Crippen LogP contribution is -2.30. The van der Waals surface area contributed by atoms with Crippen molar-refractivity contribution in [1.82, 2.24) is 4.90 Å². The van der Waals surface area contributed by atoms with Crippen molar-refractivity contribution in [2.45, 2.75) is 6.54 Å². The quantitative estimate of drug-likeness (QED) is 0.428. The Kier molecular flexibility index (Phi) is 6.00. The minimum absolute atomic E-state index is 0.236. The monoisotopic (exact) mass is 386 g/mol. The highest BCUT2D eigenvalue weighted by molar-refractivity contribution is 6.42. The number of nitro groups is 1. The molecule has 2 rings (SSSR count). The van der Waals surface area contributed by atoms with Crippen molar-refractivity contribution in [2.75, 3.05) is 13.7 Å². The molecule has 0 unspecified atom stereocenters. The lowest BCUT2D eigenvalue weighted by atomic mass is 10.2. The SMILES string of the molecule is CN(Cc1ccc(Cl)c(Cl)c1)C(=O)COC(=O)c1ccc([N+](=O)[O-])o1. The zero-order valence-corrected chi connectivity index (χ0v) is 14.4. The number of amides is 1. The molecule has 1 heterocycles. The third-order valence-electron chi connectivity index (χ3n) is 3.13. The molecular weight excluding hydrogens is 375 g/mol. The van der Waals surface area contributed by atoms with E-state index >= 15 is 0 Å². The van der Waals surface area contributed by atoms with Crippen LogP contribution in [0.1, 0.15) is 16.1 Å². The second-order valence-corrected chi connectivity index (χ2v) is 5.78. The summed E-state index contributed by atoms with van der Waals surface area (Å²) in [7, 11) is 1.52. The minimum Gasteiger partial charge on any atom is -0.450 e. The second-order valence-electron chi connectivity index (χ2n) is 4.97. The first-order chi connectivity index (χ1) is 11.8. The molecule has 2 aromatic rings. The van der Waals surface area contributed by atoms with Crippen molar-refractivity contribution in [2.24, 2.45) is 0 Å². The highest BCUT2D eigenvalue weighted by atomic mass is 35.5. The minimum atomic E-state index is -0.968. The highest BCUT2D eigenvalue weighted by Crippen LogP contribution is 2.23. The number of halogens is 2. The highest BCUT2D eigenvalue weighted by Gasteiger charge is 2.20. The summed E-state index contributed by atoms with van der Waals surface area (Å²) in [6.45, 7) is -0.301. The summed E-state index contributed by atoms with van der Waals surface area (Å²) in [5.74, 6) is -2.38. The Labute approximate surface area is 152 Å². The molecule has 25 heavy (non-hydrogen) atoms. The number of nitrogens with zero attached hydrogens (tertiary/aromatic N) is 2. The van der Waals surface area contributed by atoms with E-state index < -0.39 is 29.3 Å². The molecule has 0 saturated carbocycles. The number of benzene rings is 1. The van der Waals surface area contributed by atoms with Gasteiger partial charge in [-0.15, -0.1) is 0 Å². The van der Waals surface area contributed by atoms with Gasteiger partial charge < -0.3 is 14.1 Å². The van der Waals surface area contributed by atoms with Crippen molar-refractivity contribution < 1.29 is 23.7 Å². The van der Waals surface area contributed by atoms with E-state index in [0.29, 0.717) is 10.0 Å². The first-order valence-corrected chi connectivity index (χ1v) is 7.62. The van der Waals surface area contributed by atoms with Crippen LogP contribution in [-0.2, 0) is 16.1 Å². The summed E-state index contributed by atoms with van der Waals surface area (Å²) in [5, 5.41) is 11.3. The Balaban J connectivity index is 1.88. The van der Waals surface area contributed by atoms with E-state index in [9.17, 15) is 19.7 Å². The molecule has 0 aliphatic heterocycles. The molecule has 0 bridgehead atoms. The zero-order chi connectivity index (χ0) is 18.6. The number of esters is 1. The number of hydrogen-bond acceptors (Lipinski definition) is 6. The smallest absolute Gasteiger partial charge is 0.433 e. The van der Waals surface area contributed by atoms with Gasteiger partial charge in [-0.2, -0.15) is 0 Å². The van der Waals surface area contributed by atoms with Crippen molar-refractivity contribution in [1.29, 1.82) is 0 Å². The molecule has 0 fully saturated rings. The van der Waals surface area contributed by atoms with Crippen molar-refractivity contribution in [3.63, 3.8) is 0 Å². The van der Waals surface area contributed by atoms with Gasteiger partial charge in [0.25, 0.3) is 5.91 Å². The van der Waals surface area contributed by atoms with Crippen LogP contribution in [-0.4, -0.2) is 35.4 Å². The number of ether oxygens (including phenoxy) is 1. The second kappa shape index (κ2) is 8.00. The Morgan fingerprint density at radius 1 is 1.24 bits per heavy atom. The molecule has 10 heteroatoms. The van der Waals surface area contributed by atoms with Gasteiger partial charge in [0.15, 0.2) is 6.61 Å². The van der Waals surface area contributed by atoms with Crippen LogP contribution in [0, 0.1) is 10.1 Å². The number of carbonyl (C=O) groups is 2. The predicted octanol–water partition coefficient (Wildman–Crippen LogP) is 3.31. The molecule has 0 N–H and O–H groups in total. The van der Waals surface area contributed by atoms with Gasteiger partial charge in [-0.3, -0.25) is 14.9 Å². The van der Waals surface area contributed by atoms with Crippen molar-refractivity contribution >= 4 is 41.0 Å². The van der Waals surface area contributed by atoms with Crippen LogP contribution in [0.5, 0.6) is 0 Å². The van der Waals surface area contributed by atoms with Crippen LogP contribution in [0.25, 0.3) is 0 Å². The average molecular weight is 387 g/mol. The third-order valence-corrected chi connectivity index (χ3v) is 3.87. The zero-order valence-electron chi connectivity index (χ0n) is 12.9. The van der Waals surface area contributed by atoms with Gasteiger partial charge in [0, 0.05) is 13.6 Å². The molecule has 0 saturated heterocycles. The van der Waals surface area contributed by atoms with Crippen LogP contribution >= 0.6 is 23.2 Å². The maximum atomic E-state index is 12.0. The lowest BCUT2D eigenvalue weighted by molar-refractivity contribution is -0.402. The summed E-state index contributed by atoms with van der Waals surface area (Å²) < 4.78 is 9.48. The number of furan rings is 1. The summed E-state index contributed by atoms with van der Waals surface area (Å²) in [4.78, 5) is 34.7. The Hall–Kier alpha value is -2.58. The van der Waals surface area contributed by atoms with Crippen LogP contribution < -0.4 is 0 Å². The Morgan fingerprint density at radius 2 is 1.96 bits per heavy atom. The summed E-state index contributed by atoms with van der Waals surface area (Å²) in [6, 6.07) is 7.08. The predicted molar refractivity (Wildman–Crippen MR) is 88.6 cm³/mol. The molecule has 0 aliphatic rings. The van der Waals surface area contributed by atoms with Gasteiger partial charge in [0.05, 0.1) is 16.1 Å². The fourth-order valence-corrected chi connectivity index (χ4v) is 2.16. The summed E-state index contributed by atoms with van der Waals surface area (Å²) in [6.07, 6.45) is 0. The molecule has 1 aromatic carbocycles. The first-order valence-electron chi connectivity index (χ1n) is 6.87. The molecule has 0 spiro atoms. The number of carbonyl (C=O) groups excluding carboxylic acids is 2. The largest absolute Gasteiger partial charge is 0.450 e. The fraction of sp³-hybridized carbons (Fsp3) is 0.200. The topological polar surface area (TPSA) is 103 Å². The Morgan fingerprint density at radius 3 is 2.56 bits per heavy atom. The van der Waals surface area contributed by atoms with Crippen molar-refractivity contribution in [3.8, 4) is 0 Å². The van der Waals surface area contributed by atoms with Crippen LogP contribution in [0.4, 0.5) is 5.88 Å². The van der Waals surface area contributed by atoms with Crippen LogP contribution in [0.15, 0.2) is 34.7 Å². The molecular formula is C15H12Cl2N2O6. The van der Waals surface area contributed by atoms with Gasteiger partial charge in [-0.1, -0.05) is 29.3 Å². The van der Waals surface area contributed by atoms with Crippen LogP contribution in [0.2, 0.25) is 10.0 Å². The molecule has 1 amide bonds. The number of likely N-dealkylation sites (N-methyl/N-ethyl adjacent to an activating group) is 1. The molecule has 8 nitrogen and oxygen atoms in total. The van der Waals surface area contributed by atoms with Gasteiger partial charge in [-0.05, 0) is 23.8 Å². The van der Waals surface area contributed by atoms with Gasteiger partial charge in [-0.25, -0.2) is 4.79 Å². The van der Waals surface area contributed by atoms with E-state index in [-0.39, 0.29) is 12.3 Å². The van der Waals surface area contributed by atoms with Crippen molar-refractivity contribution in [3.05, 3.63) is 61.8 Å². The molecule has 0 atom stereocenters. The average Bonchev–Trinajstić information content (AvgIpc) is 3.06. The van der Waals surface area contributed by atoms with E-state index in [1.165, 1.54) is 11.9 Å². The molecule has 132 valence electrons. The van der Waals surface area contributed by atoms with Gasteiger partial charge in [0.2, 0.25) is 5.76 Å². The maximum Gasteiger partial charge on any atom is 0.433 e. The first kappa shape index (κ1) is 18.8. The summed E-state index contributed by atoms with van der Waals surface area (Å²) in [5.41, 5.74) is 0.748. The Bertz CT molecular complexity index is 820. The van der Waals surface area contributed by atoms with E-state index in [1.807, 2.05) is 0 Å². The third kappa shape index (κ3) is 4.94. The van der Waals surface area contributed by atoms with E-state index in [4.69, 9.17) is 32.4 Å². The molecule has 0 radical (unpaired) electrons. The standard InChI is InChI=1S/C15H12Cl2N2O6/c1-18(7-9-2-3-10(16)11(17)6-9)13(20)8-24-15(21)12-4-5-14(25-12)19(22)23/h2-6H,7-8H2,1H3. The lowest BCUT2D eigenvalue weighted by Gasteiger charge is -2.17. The van der Waals surface area contributed by atoms with E-state index in [0.717, 1.165) is 17.7 Å².